The molecule has 0 saturated heterocycles. The van der Waals surface area contributed by atoms with Crippen LogP contribution in [0.2, 0.25) is 0 Å². The Morgan fingerprint density at radius 3 is 1.52 bits per heavy atom. The van der Waals surface area contributed by atoms with Crippen LogP contribution in [0.5, 0.6) is 11.8 Å². The lowest BCUT2D eigenvalue weighted by molar-refractivity contribution is 0.398. The molecule has 3 aromatic rings. The zero-order chi connectivity index (χ0) is 14.7. The van der Waals surface area contributed by atoms with Gasteiger partial charge in [0.1, 0.15) is 0 Å². The van der Waals surface area contributed by atoms with Crippen molar-refractivity contribution < 1.29 is 9.47 Å². The van der Waals surface area contributed by atoms with E-state index in [1.165, 1.54) is 0 Å². The molecular formula is C16H14N2O2S. The van der Waals surface area contributed by atoms with Crippen LogP contribution >= 0.6 is 11.3 Å². The normalized spacial score (nSPS) is 10.4. The monoisotopic (exact) mass is 298 g/mol. The molecule has 4 nitrogen and oxygen atoms in total. The highest BCUT2D eigenvalue weighted by Gasteiger charge is 2.06. The molecule has 3 rings (SSSR count). The van der Waals surface area contributed by atoms with Gasteiger partial charge >= 0.3 is 0 Å². The minimum Gasteiger partial charge on any atom is -0.481 e. The molecule has 5 heteroatoms. The largest absolute Gasteiger partial charge is 0.481 e. The Balaban J connectivity index is 1.87. The number of methoxy groups -OCH3 is 2. The van der Waals surface area contributed by atoms with Crippen LogP contribution in [0.15, 0.2) is 48.8 Å². The molecule has 0 aliphatic carbocycles. The summed E-state index contributed by atoms with van der Waals surface area (Å²) in [6, 6.07) is 11.9. The van der Waals surface area contributed by atoms with E-state index in [1.807, 2.05) is 36.7 Å². The average molecular weight is 298 g/mol. The Labute approximate surface area is 127 Å². The second-order valence-corrected chi connectivity index (χ2v) is 5.43. The van der Waals surface area contributed by atoms with Crippen molar-refractivity contribution in [1.29, 1.82) is 0 Å². The molecular weight excluding hydrogens is 284 g/mol. The fourth-order valence-corrected chi connectivity index (χ4v) is 2.93. The van der Waals surface area contributed by atoms with Gasteiger partial charge in [0.25, 0.3) is 0 Å². The summed E-state index contributed by atoms with van der Waals surface area (Å²) in [5.74, 6) is 1.24. The maximum Gasteiger partial charge on any atom is 0.212 e. The lowest BCUT2D eigenvalue weighted by Crippen LogP contribution is -1.86. The highest BCUT2D eigenvalue weighted by Crippen LogP contribution is 2.34. The molecule has 0 N–H and O–H groups in total. The van der Waals surface area contributed by atoms with Crippen molar-refractivity contribution >= 4 is 11.3 Å². The maximum atomic E-state index is 5.07. The molecule has 3 heterocycles. The van der Waals surface area contributed by atoms with E-state index < -0.39 is 0 Å². The molecule has 0 saturated carbocycles. The molecule has 0 aromatic carbocycles. The summed E-state index contributed by atoms with van der Waals surface area (Å²) in [5.41, 5.74) is 2.15. The Morgan fingerprint density at radius 2 is 1.19 bits per heavy atom. The number of ether oxygens (including phenoxy) is 2. The molecule has 0 spiro atoms. The predicted octanol–water partition coefficient (Wildman–Crippen LogP) is 3.89. The molecule has 3 aromatic heterocycles. The molecule has 0 radical (unpaired) electrons. The van der Waals surface area contributed by atoms with Gasteiger partial charge in [0.15, 0.2) is 0 Å². The van der Waals surface area contributed by atoms with E-state index in [4.69, 9.17) is 9.47 Å². The quantitative estimate of drug-likeness (QED) is 0.733. The standard InChI is InChI=1S/C16H14N2O2S/c1-19-15-7-3-11(9-17-15)13-5-6-14(21-13)12-4-8-16(20-2)18-10-12/h3-10H,1-2H3. The SMILES string of the molecule is COc1ccc(-c2ccc(-c3ccc(OC)nc3)s2)cn1. The first-order valence-corrected chi connectivity index (χ1v) is 7.22. The summed E-state index contributed by atoms with van der Waals surface area (Å²) in [6.45, 7) is 0. The van der Waals surface area contributed by atoms with Crippen LogP contribution in [0.4, 0.5) is 0 Å². The van der Waals surface area contributed by atoms with E-state index >= 15 is 0 Å². The maximum absolute atomic E-state index is 5.07. The Bertz CT molecular complexity index is 659. The highest BCUT2D eigenvalue weighted by molar-refractivity contribution is 7.18. The number of thiophene rings is 1. The van der Waals surface area contributed by atoms with Crippen LogP contribution in [0, 0.1) is 0 Å². The first-order valence-electron chi connectivity index (χ1n) is 6.41. The van der Waals surface area contributed by atoms with Gasteiger partial charge in [-0.25, -0.2) is 9.97 Å². The summed E-state index contributed by atoms with van der Waals surface area (Å²) in [5, 5.41) is 0. The lowest BCUT2D eigenvalue weighted by atomic mass is 10.2. The number of pyridine rings is 2. The van der Waals surface area contributed by atoms with Crippen molar-refractivity contribution in [3.8, 4) is 32.6 Å². The minimum atomic E-state index is 0.620. The van der Waals surface area contributed by atoms with Gasteiger partial charge in [-0.05, 0) is 24.3 Å². The van der Waals surface area contributed by atoms with Crippen molar-refractivity contribution in [3.63, 3.8) is 0 Å². The number of hydrogen-bond donors (Lipinski definition) is 0. The van der Waals surface area contributed by atoms with E-state index in [-0.39, 0.29) is 0 Å². The van der Waals surface area contributed by atoms with Crippen LogP contribution in [0.3, 0.4) is 0 Å². The van der Waals surface area contributed by atoms with Crippen LogP contribution in [0.25, 0.3) is 20.9 Å². The number of rotatable bonds is 4. The van der Waals surface area contributed by atoms with Gasteiger partial charge in [0, 0.05) is 45.4 Å². The second kappa shape index (κ2) is 5.93. The molecule has 0 atom stereocenters. The van der Waals surface area contributed by atoms with Gasteiger partial charge in [0.2, 0.25) is 11.8 Å². The number of nitrogens with zero attached hydrogens (tertiary/aromatic N) is 2. The van der Waals surface area contributed by atoms with Gasteiger partial charge in [-0.3, -0.25) is 0 Å². The van der Waals surface area contributed by atoms with Crippen LogP contribution < -0.4 is 9.47 Å². The van der Waals surface area contributed by atoms with E-state index in [2.05, 4.69) is 22.1 Å². The topological polar surface area (TPSA) is 44.2 Å². The van der Waals surface area contributed by atoms with Crippen molar-refractivity contribution in [2.45, 2.75) is 0 Å². The summed E-state index contributed by atoms with van der Waals surface area (Å²) < 4.78 is 10.1. The van der Waals surface area contributed by atoms with Gasteiger partial charge in [-0.2, -0.15) is 0 Å². The Morgan fingerprint density at radius 1 is 0.714 bits per heavy atom. The predicted molar refractivity (Wildman–Crippen MR) is 83.9 cm³/mol. The van der Waals surface area contributed by atoms with Gasteiger partial charge in [-0.15, -0.1) is 11.3 Å². The van der Waals surface area contributed by atoms with Crippen LogP contribution in [-0.2, 0) is 0 Å². The fourth-order valence-electron chi connectivity index (χ4n) is 1.94. The zero-order valence-corrected chi connectivity index (χ0v) is 12.6. The summed E-state index contributed by atoms with van der Waals surface area (Å²) in [7, 11) is 3.23. The van der Waals surface area contributed by atoms with Gasteiger partial charge in [0.05, 0.1) is 14.2 Å². The Hall–Kier alpha value is -2.40. The van der Waals surface area contributed by atoms with E-state index in [0.717, 1.165) is 20.9 Å². The first-order chi connectivity index (χ1) is 10.3. The lowest BCUT2D eigenvalue weighted by Gasteiger charge is -2.01. The van der Waals surface area contributed by atoms with Gasteiger partial charge in [-0.1, -0.05) is 0 Å². The van der Waals surface area contributed by atoms with E-state index in [9.17, 15) is 0 Å². The van der Waals surface area contributed by atoms with Crippen molar-refractivity contribution in [2.75, 3.05) is 14.2 Å². The molecule has 0 bridgehead atoms. The summed E-state index contributed by atoms with van der Waals surface area (Å²) in [4.78, 5) is 10.8. The third-order valence-electron chi connectivity index (χ3n) is 3.07. The smallest absolute Gasteiger partial charge is 0.212 e. The number of aromatic nitrogens is 2. The minimum absolute atomic E-state index is 0.620. The second-order valence-electron chi connectivity index (χ2n) is 4.34. The fraction of sp³-hybridized carbons (Fsp3) is 0.125. The summed E-state index contributed by atoms with van der Waals surface area (Å²) in [6.07, 6.45) is 3.64. The van der Waals surface area contributed by atoms with Gasteiger partial charge < -0.3 is 9.47 Å². The molecule has 0 unspecified atom stereocenters. The third-order valence-corrected chi connectivity index (χ3v) is 4.25. The molecule has 0 fully saturated rings. The zero-order valence-electron chi connectivity index (χ0n) is 11.7. The average Bonchev–Trinajstić information content (AvgIpc) is 3.05. The molecule has 0 amide bonds. The third kappa shape index (κ3) is 2.87. The molecule has 0 aliphatic heterocycles. The van der Waals surface area contributed by atoms with Crippen molar-refractivity contribution in [1.82, 2.24) is 9.97 Å². The summed E-state index contributed by atoms with van der Waals surface area (Å²) >= 11 is 1.70. The van der Waals surface area contributed by atoms with E-state index in [0.29, 0.717) is 11.8 Å². The molecule has 21 heavy (non-hydrogen) atoms. The molecule has 106 valence electrons. The van der Waals surface area contributed by atoms with Crippen LogP contribution in [0.1, 0.15) is 0 Å². The highest BCUT2D eigenvalue weighted by atomic mass is 32.1. The molecule has 0 aliphatic rings. The van der Waals surface area contributed by atoms with Crippen molar-refractivity contribution in [2.24, 2.45) is 0 Å². The Kier molecular flexibility index (Phi) is 3.83. The number of hydrogen-bond acceptors (Lipinski definition) is 5. The van der Waals surface area contributed by atoms with Crippen molar-refractivity contribution in [3.05, 3.63) is 48.8 Å². The first kappa shape index (κ1) is 13.6. The van der Waals surface area contributed by atoms with E-state index in [1.54, 1.807) is 25.6 Å². The van der Waals surface area contributed by atoms with Crippen LogP contribution in [-0.4, -0.2) is 24.2 Å².